The molecular weight excluding hydrogens is 506 g/mol. The Kier molecular flexibility index (Phi) is 6.69. The van der Waals surface area contributed by atoms with Crippen LogP contribution in [0.25, 0.3) is 6.08 Å². The molecule has 0 saturated carbocycles. The number of carbonyl (C=O) groups excluding carboxylic acids is 1. The predicted octanol–water partition coefficient (Wildman–Crippen LogP) is 4.66. The topological polar surface area (TPSA) is 35.5 Å². The van der Waals surface area contributed by atoms with Crippen molar-refractivity contribution in [1.29, 1.82) is 0 Å². The molecule has 0 spiro atoms. The van der Waals surface area contributed by atoms with Gasteiger partial charge in [-0.15, -0.1) is 0 Å². The van der Waals surface area contributed by atoms with Crippen LogP contribution >= 0.6 is 45.2 Å². The Labute approximate surface area is 157 Å². The first-order chi connectivity index (χ1) is 10.6. The van der Waals surface area contributed by atoms with Crippen LogP contribution in [-0.4, -0.2) is 12.6 Å². The van der Waals surface area contributed by atoms with E-state index in [1.54, 1.807) is 6.08 Å². The molecule has 0 amide bonds. The van der Waals surface area contributed by atoms with Crippen molar-refractivity contribution in [2.75, 3.05) is 6.61 Å². The van der Waals surface area contributed by atoms with E-state index in [2.05, 4.69) is 51.8 Å². The van der Waals surface area contributed by atoms with E-state index >= 15 is 0 Å². The smallest absolute Gasteiger partial charge is 0.344 e. The largest absolute Gasteiger partial charge is 0.480 e. The average molecular weight is 520 g/mol. The first kappa shape index (κ1) is 17.3. The monoisotopic (exact) mass is 520 g/mol. The molecule has 0 aliphatic heterocycles. The number of ether oxygens (including phenoxy) is 2. The Balaban J connectivity index is 1.90. The molecule has 0 fully saturated rings. The number of benzene rings is 2. The van der Waals surface area contributed by atoms with E-state index in [4.69, 9.17) is 9.47 Å². The minimum atomic E-state index is -0.386. The molecule has 0 aliphatic carbocycles. The fourth-order valence-electron chi connectivity index (χ4n) is 1.75. The standard InChI is InChI=1S/C17H14I2O3/c1-2-12-8-14(18)17(15(19)9-12)22-11-16(20)21-10-13-6-4-3-5-7-13/h2-9H,1,10-11H2. The summed E-state index contributed by atoms with van der Waals surface area (Å²) in [6.45, 7) is 3.90. The molecule has 5 heteroatoms. The van der Waals surface area contributed by atoms with Gasteiger partial charge >= 0.3 is 5.97 Å². The molecule has 0 saturated heterocycles. The van der Waals surface area contributed by atoms with Crippen LogP contribution in [0.15, 0.2) is 49.0 Å². The van der Waals surface area contributed by atoms with Gasteiger partial charge in [0, 0.05) is 0 Å². The highest BCUT2D eigenvalue weighted by molar-refractivity contribution is 14.1. The summed E-state index contributed by atoms with van der Waals surface area (Å²) in [5.41, 5.74) is 1.98. The van der Waals surface area contributed by atoms with Gasteiger partial charge in [-0.05, 0) is 68.4 Å². The second-order valence-corrected chi connectivity index (χ2v) is 6.78. The fraction of sp³-hybridized carbons (Fsp3) is 0.118. The van der Waals surface area contributed by atoms with Crippen molar-refractivity contribution in [2.24, 2.45) is 0 Å². The Morgan fingerprint density at radius 3 is 2.36 bits per heavy atom. The second-order valence-electron chi connectivity index (χ2n) is 4.45. The summed E-state index contributed by atoms with van der Waals surface area (Å²) >= 11 is 4.37. The Bertz CT molecular complexity index is 646. The second kappa shape index (κ2) is 8.52. The van der Waals surface area contributed by atoms with Crippen LogP contribution < -0.4 is 4.74 Å². The first-order valence-electron chi connectivity index (χ1n) is 6.54. The van der Waals surface area contributed by atoms with E-state index in [-0.39, 0.29) is 19.2 Å². The zero-order valence-electron chi connectivity index (χ0n) is 11.7. The van der Waals surface area contributed by atoms with Gasteiger partial charge in [0.15, 0.2) is 6.61 Å². The van der Waals surface area contributed by atoms with Crippen LogP contribution in [0.1, 0.15) is 11.1 Å². The summed E-state index contributed by atoms with van der Waals surface area (Å²) in [6.07, 6.45) is 1.78. The van der Waals surface area contributed by atoms with Gasteiger partial charge in [-0.1, -0.05) is 43.0 Å². The molecule has 0 aliphatic rings. The number of carbonyl (C=O) groups is 1. The van der Waals surface area contributed by atoms with Crippen molar-refractivity contribution in [3.05, 3.63) is 67.3 Å². The minimum Gasteiger partial charge on any atom is -0.480 e. The van der Waals surface area contributed by atoms with Crippen LogP contribution in [0.4, 0.5) is 0 Å². The van der Waals surface area contributed by atoms with Crippen molar-refractivity contribution >= 4 is 57.2 Å². The quantitative estimate of drug-likeness (QED) is 0.411. The third-order valence-electron chi connectivity index (χ3n) is 2.83. The van der Waals surface area contributed by atoms with Crippen molar-refractivity contribution in [1.82, 2.24) is 0 Å². The van der Waals surface area contributed by atoms with E-state index in [1.165, 1.54) is 0 Å². The van der Waals surface area contributed by atoms with Crippen LogP contribution in [0.2, 0.25) is 0 Å². The van der Waals surface area contributed by atoms with Crippen molar-refractivity contribution in [3.63, 3.8) is 0 Å². The molecule has 0 heterocycles. The van der Waals surface area contributed by atoms with Crippen LogP contribution in [0.3, 0.4) is 0 Å². The number of rotatable bonds is 6. The third-order valence-corrected chi connectivity index (χ3v) is 4.44. The number of halogens is 2. The SMILES string of the molecule is C=Cc1cc(I)c(OCC(=O)OCc2ccccc2)c(I)c1. The molecule has 0 atom stereocenters. The van der Waals surface area contributed by atoms with E-state index in [9.17, 15) is 4.79 Å². The van der Waals surface area contributed by atoms with E-state index in [1.807, 2.05) is 42.5 Å². The lowest BCUT2D eigenvalue weighted by Gasteiger charge is -2.11. The van der Waals surface area contributed by atoms with Gasteiger partial charge in [0.2, 0.25) is 0 Å². The lowest BCUT2D eigenvalue weighted by atomic mass is 10.2. The molecule has 0 bridgehead atoms. The van der Waals surface area contributed by atoms with Crippen molar-refractivity contribution < 1.29 is 14.3 Å². The molecule has 2 rings (SSSR count). The number of hydrogen-bond acceptors (Lipinski definition) is 3. The predicted molar refractivity (Wildman–Crippen MR) is 104 cm³/mol. The summed E-state index contributed by atoms with van der Waals surface area (Å²) < 4.78 is 12.7. The van der Waals surface area contributed by atoms with Crippen molar-refractivity contribution in [3.8, 4) is 5.75 Å². The molecule has 0 unspecified atom stereocenters. The molecule has 0 radical (unpaired) electrons. The van der Waals surface area contributed by atoms with Crippen LogP contribution in [-0.2, 0) is 16.1 Å². The zero-order valence-corrected chi connectivity index (χ0v) is 16.0. The third kappa shape index (κ3) is 4.98. The highest BCUT2D eigenvalue weighted by Gasteiger charge is 2.11. The average Bonchev–Trinajstić information content (AvgIpc) is 2.52. The molecule has 22 heavy (non-hydrogen) atoms. The Morgan fingerprint density at radius 2 is 1.77 bits per heavy atom. The summed E-state index contributed by atoms with van der Waals surface area (Å²) in [4.78, 5) is 11.8. The highest BCUT2D eigenvalue weighted by Crippen LogP contribution is 2.29. The van der Waals surface area contributed by atoms with Gasteiger partial charge in [-0.2, -0.15) is 0 Å². The maximum absolute atomic E-state index is 11.8. The summed E-state index contributed by atoms with van der Waals surface area (Å²) in [6, 6.07) is 13.5. The Morgan fingerprint density at radius 1 is 1.14 bits per heavy atom. The van der Waals surface area contributed by atoms with Gasteiger partial charge in [-0.3, -0.25) is 0 Å². The first-order valence-corrected chi connectivity index (χ1v) is 8.69. The lowest BCUT2D eigenvalue weighted by Crippen LogP contribution is -2.15. The maximum atomic E-state index is 11.8. The van der Waals surface area contributed by atoms with Gasteiger partial charge in [0.25, 0.3) is 0 Å². The van der Waals surface area contributed by atoms with Crippen LogP contribution in [0, 0.1) is 7.14 Å². The number of hydrogen-bond donors (Lipinski definition) is 0. The summed E-state index contributed by atoms with van der Waals surface area (Å²) in [5, 5.41) is 0. The minimum absolute atomic E-state index is 0.105. The molecule has 3 nitrogen and oxygen atoms in total. The van der Waals surface area contributed by atoms with Crippen molar-refractivity contribution in [2.45, 2.75) is 6.61 Å². The molecular formula is C17H14I2O3. The normalized spacial score (nSPS) is 10.1. The number of esters is 1. The van der Waals surface area contributed by atoms with E-state index < -0.39 is 0 Å². The molecule has 2 aromatic carbocycles. The molecule has 0 aromatic heterocycles. The van der Waals surface area contributed by atoms with E-state index in [0.29, 0.717) is 5.75 Å². The fourth-order valence-corrected chi connectivity index (χ4v) is 3.87. The van der Waals surface area contributed by atoms with Crippen LogP contribution in [0.5, 0.6) is 5.75 Å². The van der Waals surface area contributed by atoms with Gasteiger partial charge in [-0.25, -0.2) is 4.79 Å². The van der Waals surface area contributed by atoms with E-state index in [0.717, 1.165) is 18.3 Å². The molecule has 0 N–H and O–H groups in total. The lowest BCUT2D eigenvalue weighted by molar-refractivity contribution is -0.147. The van der Waals surface area contributed by atoms with Gasteiger partial charge in [0.1, 0.15) is 12.4 Å². The maximum Gasteiger partial charge on any atom is 0.344 e. The summed E-state index contributed by atoms with van der Waals surface area (Å²) in [5.74, 6) is 0.312. The Hall–Kier alpha value is -1.09. The summed E-state index contributed by atoms with van der Waals surface area (Å²) in [7, 11) is 0. The molecule has 2 aromatic rings. The zero-order chi connectivity index (χ0) is 15.9. The highest BCUT2D eigenvalue weighted by atomic mass is 127. The molecule has 114 valence electrons. The van der Waals surface area contributed by atoms with Gasteiger partial charge < -0.3 is 9.47 Å². The van der Waals surface area contributed by atoms with Gasteiger partial charge in [0.05, 0.1) is 7.14 Å².